The number of halogens is 2. The van der Waals surface area contributed by atoms with Crippen LogP contribution >= 0.6 is 19.4 Å². The quantitative estimate of drug-likeness (QED) is 0.420. The van der Waals surface area contributed by atoms with Gasteiger partial charge in [-0.25, -0.2) is 0 Å². The zero-order chi connectivity index (χ0) is 14.6. The van der Waals surface area contributed by atoms with Gasteiger partial charge >= 0.3 is 124 Å². The van der Waals surface area contributed by atoms with E-state index < -0.39 is 28.5 Å². The molecule has 0 spiro atoms. The molecule has 0 radical (unpaired) electrons. The molecule has 0 aliphatic rings. The fourth-order valence-electron chi connectivity index (χ4n) is 1.20. The summed E-state index contributed by atoms with van der Waals surface area (Å²) >= 11 is -2.28. The van der Waals surface area contributed by atoms with Gasteiger partial charge in [-0.2, -0.15) is 0 Å². The summed E-state index contributed by atoms with van der Waals surface area (Å²) in [6.07, 6.45) is 1.04. The van der Waals surface area contributed by atoms with Gasteiger partial charge in [0.25, 0.3) is 0 Å². The number of nitro benzene ring substituents is 1. The first kappa shape index (κ1) is 16.7. The van der Waals surface area contributed by atoms with Crippen LogP contribution in [0.25, 0.3) is 0 Å². The molecule has 1 rings (SSSR count). The number of sulfonamides is 1. The molecule has 0 aliphatic heterocycles. The third-order valence-corrected chi connectivity index (χ3v) is 5.16. The van der Waals surface area contributed by atoms with Gasteiger partial charge < -0.3 is 0 Å². The third-order valence-electron chi connectivity index (χ3n) is 2.08. The Labute approximate surface area is 123 Å². The SMILES string of the molecule is CS(=O)(=O)N([CH]=[Ru]([Cl])[Cl])Cc1ccc([N+](=O)[O-])cc1. The zero-order valence-corrected chi connectivity index (χ0v) is 13.7. The Bertz CT molecular complexity index is 599. The first-order valence-corrected chi connectivity index (χ1v) is 12.1. The maximum absolute atomic E-state index is 11.5. The van der Waals surface area contributed by atoms with Crippen molar-refractivity contribution >= 4 is 39.8 Å². The molecule has 0 atom stereocenters. The minimum absolute atomic E-state index is 0.0425. The number of rotatable bonds is 5. The summed E-state index contributed by atoms with van der Waals surface area (Å²) < 4.78 is 25.4. The van der Waals surface area contributed by atoms with Crippen molar-refractivity contribution < 1.29 is 26.9 Å². The van der Waals surface area contributed by atoms with Crippen LogP contribution in [0.15, 0.2) is 24.3 Å². The Kier molecular flexibility index (Phi) is 6.01. The molecule has 0 bridgehead atoms. The molecule has 0 aliphatic carbocycles. The summed E-state index contributed by atoms with van der Waals surface area (Å²) in [5.41, 5.74) is 0.553. The third kappa shape index (κ3) is 5.62. The Hall–Kier alpha value is -0.397. The summed E-state index contributed by atoms with van der Waals surface area (Å²) in [7, 11) is 7.86. The molecule has 0 unspecified atom stereocenters. The van der Waals surface area contributed by atoms with E-state index >= 15 is 0 Å². The molecule has 0 saturated carbocycles. The van der Waals surface area contributed by atoms with Crippen LogP contribution in [-0.2, 0) is 30.1 Å². The van der Waals surface area contributed by atoms with Gasteiger partial charge in [-0.3, -0.25) is 0 Å². The summed E-state index contributed by atoms with van der Waals surface area (Å²) in [4.78, 5) is 9.98. The molecule has 1 aromatic carbocycles. The molecule has 0 N–H and O–H groups in total. The van der Waals surface area contributed by atoms with Gasteiger partial charge in [0.1, 0.15) is 0 Å². The minimum atomic E-state index is -3.47. The Morgan fingerprint density at radius 2 is 1.89 bits per heavy atom. The summed E-state index contributed by atoms with van der Waals surface area (Å²) in [6, 6.07) is 5.60. The zero-order valence-electron chi connectivity index (χ0n) is 9.64. The number of nitro groups is 1. The van der Waals surface area contributed by atoms with E-state index in [0.29, 0.717) is 5.56 Å². The molecule has 0 heterocycles. The summed E-state index contributed by atoms with van der Waals surface area (Å²) in [6.45, 7) is 0.0425. The van der Waals surface area contributed by atoms with Crippen LogP contribution in [0.5, 0.6) is 0 Å². The van der Waals surface area contributed by atoms with E-state index in [0.717, 1.165) is 10.6 Å². The standard InChI is InChI=1S/C9H10N2O4S.2ClH.Ru/c1-10(16(2,14)15)7-8-3-5-9(6-4-8)11(12)13;;;/h1,3-6H,7H2,2H3;2*1H;/q;;;+2/p-2. The van der Waals surface area contributed by atoms with E-state index in [1.807, 2.05) is 0 Å². The first-order valence-electron chi connectivity index (χ1n) is 4.73. The fourth-order valence-corrected chi connectivity index (χ4v) is 5.16. The van der Waals surface area contributed by atoms with Gasteiger partial charge in [0, 0.05) is 0 Å². The average Bonchev–Trinajstić information content (AvgIpc) is 2.27. The Morgan fingerprint density at radius 3 is 2.26 bits per heavy atom. The molecule has 0 fully saturated rings. The number of nitrogens with zero attached hydrogens (tertiary/aromatic N) is 2. The normalized spacial score (nSPS) is 12.3. The molecule has 108 valence electrons. The van der Waals surface area contributed by atoms with E-state index in [-0.39, 0.29) is 12.2 Å². The van der Waals surface area contributed by atoms with Gasteiger partial charge in [-0.15, -0.1) is 0 Å². The van der Waals surface area contributed by atoms with Crippen molar-refractivity contribution in [3.05, 3.63) is 39.9 Å². The molecule has 0 amide bonds. The molecular formula is C9H10Cl2N2O4RuS. The second-order valence-corrected chi connectivity index (χ2v) is 11.1. The van der Waals surface area contributed by atoms with Crippen molar-refractivity contribution in [1.29, 1.82) is 0 Å². The van der Waals surface area contributed by atoms with Crippen LogP contribution in [0.3, 0.4) is 0 Å². The molecule has 10 heteroatoms. The summed E-state index contributed by atoms with van der Waals surface area (Å²) in [5.74, 6) is 0. The van der Waals surface area contributed by atoms with E-state index in [9.17, 15) is 18.5 Å². The molecule has 0 saturated heterocycles. The molecule has 6 nitrogen and oxygen atoms in total. The average molecular weight is 414 g/mol. The van der Waals surface area contributed by atoms with E-state index in [1.54, 1.807) is 0 Å². The van der Waals surface area contributed by atoms with Gasteiger partial charge in [0.15, 0.2) is 0 Å². The van der Waals surface area contributed by atoms with E-state index in [1.165, 1.54) is 29.0 Å². The molecule has 1 aromatic rings. The topological polar surface area (TPSA) is 80.5 Å². The second kappa shape index (κ2) is 6.86. The van der Waals surface area contributed by atoms with Crippen molar-refractivity contribution in [2.24, 2.45) is 0 Å². The Balaban J connectivity index is 2.98. The predicted molar refractivity (Wildman–Crippen MR) is 71.3 cm³/mol. The van der Waals surface area contributed by atoms with Crippen molar-refractivity contribution in [2.45, 2.75) is 6.54 Å². The number of hydrogen-bond donors (Lipinski definition) is 0. The Morgan fingerprint density at radius 1 is 1.37 bits per heavy atom. The monoisotopic (exact) mass is 414 g/mol. The number of hydrogen-bond acceptors (Lipinski definition) is 4. The predicted octanol–water partition coefficient (Wildman–Crippen LogP) is 2.04. The number of benzene rings is 1. The van der Waals surface area contributed by atoms with Gasteiger partial charge in [0.2, 0.25) is 0 Å². The van der Waals surface area contributed by atoms with Crippen molar-refractivity contribution in [2.75, 3.05) is 6.26 Å². The molecule has 0 aromatic heterocycles. The van der Waals surface area contributed by atoms with Gasteiger partial charge in [0.05, 0.1) is 0 Å². The summed E-state index contributed by atoms with van der Waals surface area (Å²) in [5, 5.41) is 10.5. The first-order chi connectivity index (χ1) is 8.70. The van der Waals surface area contributed by atoms with Crippen LogP contribution < -0.4 is 0 Å². The second-order valence-electron chi connectivity index (χ2n) is 3.53. The van der Waals surface area contributed by atoms with Crippen LogP contribution in [0.1, 0.15) is 5.56 Å². The van der Waals surface area contributed by atoms with Gasteiger partial charge in [-0.1, -0.05) is 0 Å². The van der Waals surface area contributed by atoms with Crippen LogP contribution in [-0.4, -0.2) is 28.6 Å². The van der Waals surface area contributed by atoms with Crippen LogP contribution in [0, 0.1) is 10.1 Å². The molecular weight excluding hydrogens is 404 g/mol. The van der Waals surface area contributed by atoms with Crippen molar-refractivity contribution in [3.8, 4) is 0 Å². The molecule has 19 heavy (non-hydrogen) atoms. The van der Waals surface area contributed by atoms with Crippen molar-refractivity contribution in [1.82, 2.24) is 4.31 Å². The van der Waals surface area contributed by atoms with Crippen molar-refractivity contribution in [3.63, 3.8) is 0 Å². The van der Waals surface area contributed by atoms with E-state index in [4.69, 9.17) is 19.4 Å². The fraction of sp³-hybridized carbons (Fsp3) is 0.222. The van der Waals surface area contributed by atoms with Crippen LogP contribution in [0.4, 0.5) is 5.69 Å². The maximum atomic E-state index is 11.5. The van der Waals surface area contributed by atoms with Gasteiger partial charge in [-0.05, 0) is 0 Å². The number of non-ortho nitro benzene ring substituents is 1. The van der Waals surface area contributed by atoms with E-state index in [2.05, 4.69) is 0 Å². The van der Waals surface area contributed by atoms with Crippen LogP contribution in [0.2, 0.25) is 0 Å².